The molecule has 0 aliphatic heterocycles. The fourth-order valence-corrected chi connectivity index (χ4v) is 4.59. The van der Waals surface area contributed by atoms with Crippen molar-refractivity contribution in [3.63, 3.8) is 0 Å². The van der Waals surface area contributed by atoms with Crippen molar-refractivity contribution >= 4 is 8.80 Å². The van der Waals surface area contributed by atoms with E-state index in [1.165, 1.54) is 0 Å². The van der Waals surface area contributed by atoms with Gasteiger partial charge in [-0.25, -0.2) is 0 Å². The van der Waals surface area contributed by atoms with E-state index >= 15 is 0 Å². The Morgan fingerprint density at radius 3 is 1.22 bits per heavy atom. The maximum atomic E-state index is 12.7. The molecule has 110 valence electrons. The minimum Gasteiger partial charge on any atom is -0.371 e. The van der Waals surface area contributed by atoms with E-state index in [-0.39, 0.29) is 18.3 Å². The van der Waals surface area contributed by atoms with Crippen LogP contribution >= 0.6 is 0 Å². The number of rotatable bonds is 7. The van der Waals surface area contributed by atoms with Gasteiger partial charge in [0, 0.05) is 18.3 Å². The molecule has 0 aromatic heterocycles. The molecule has 0 saturated heterocycles. The predicted octanol–water partition coefficient (Wildman–Crippen LogP) is 3.76. The second kappa shape index (κ2) is 6.88. The van der Waals surface area contributed by atoms with Crippen LogP contribution in [0, 0.1) is 0 Å². The Morgan fingerprint density at radius 1 is 0.778 bits per heavy atom. The van der Waals surface area contributed by atoms with E-state index in [1.54, 1.807) is 41.5 Å². The third-order valence-corrected chi connectivity index (χ3v) is 4.99. The standard InChI is InChI=1S/C11H23F3O3Si/c1-8(2)15-18(16-9(3)4,17-10(5)6)7-11(12,13)14/h8-10H,7H2,1-6H3. The lowest BCUT2D eigenvalue weighted by Gasteiger charge is -2.34. The molecular weight excluding hydrogens is 265 g/mol. The predicted molar refractivity (Wildman–Crippen MR) is 65.3 cm³/mol. The van der Waals surface area contributed by atoms with Crippen LogP contribution in [0.4, 0.5) is 13.2 Å². The van der Waals surface area contributed by atoms with Crippen molar-refractivity contribution in [2.75, 3.05) is 0 Å². The summed E-state index contributed by atoms with van der Waals surface area (Å²) in [6.07, 6.45) is -5.50. The molecule has 0 bridgehead atoms. The van der Waals surface area contributed by atoms with Crippen molar-refractivity contribution in [3.8, 4) is 0 Å². The third kappa shape index (κ3) is 8.07. The highest BCUT2D eigenvalue weighted by molar-refractivity contribution is 6.61. The van der Waals surface area contributed by atoms with Crippen LogP contribution in [-0.4, -0.2) is 33.3 Å². The minimum absolute atomic E-state index is 0.378. The van der Waals surface area contributed by atoms with E-state index in [0.717, 1.165) is 0 Å². The lowest BCUT2D eigenvalue weighted by molar-refractivity contribution is -0.128. The van der Waals surface area contributed by atoms with E-state index in [9.17, 15) is 13.2 Å². The summed E-state index contributed by atoms with van der Waals surface area (Å²) < 4.78 is 54.3. The van der Waals surface area contributed by atoms with Crippen LogP contribution in [0.2, 0.25) is 6.04 Å². The summed E-state index contributed by atoms with van der Waals surface area (Å²) in [6, 6.07) is -1.16. The fourth-order valence-electron chi connectivity index (χ4n) is 1.53. The van der Waals surface area contributed by atoms with Crippen LogP contribution in [0.1, 0.15) is 41.5 Å². The van der Waals surface area contributed by atoms with Gasteiger partial charge in [0.25, 0.3) is 0 Å². The van der Waals surface area contributed by atoms with E-state index in [1.807, 2.05) is 0 Å². The van der Waals surface area contributed by atoms with E-state index in [4.69, 9.17) is 13.3 Å². The Bertz CT molecular complexity index is 216. The molecule has 0 rings (SSSR count). The van der Waals surface area contributed by atoms with Gasteiger partial charge in [0.05, 0.1) is 0 Å². The quantitative estimate of drug-likeness (QED) is 0.668. The SMILES string of the molecule is CC(C)O[Si](CC(F)(F)F)(OC(C)C)OC(C)C. The number of halogens is 3. The summed E-state index contributed by atoms with van der Waals surface area (Å²) in [4.78, 5) is 0. The average molecular weight is 288 g/mol. The Morgan fingerprint density at radius 2 is 1.06 bits per heavy atom. The van der Waals surface area contributed by atoms with Crippen molar-refractivity contribution in [1.82, 2.24) is 0 Å². The summed E-state index contributed by atoms with van der Waals surface area (Å²) in [7, 11) is -3.75. The van der Waals surface area contributed by atoms with Gasteiger partial charge in [-0.2, -0.15) is 13.2 Å². The lowest BCUT2D eigenvalue weighted by Crippen LogP contribution is -2.53. The number of hydrogen-bond donors (Lipinski definition) is 0. The Kier molecular flexibility index (Phi) is 6.84. The largest absolute Gasteiger partial charge is 0.510 e. The Hall–Kier alpha value is -0.113. The third-order valence-electron chi connectivity index (χ3n) is 1.66. The van der Waals surface area contributed by atoms with Crippen LogP contribution < -0.4 is 0 Å². The summed E-state index contributed by atoms with van der Waals surface area (Å²) in [6.45, 7) is 10.0. The van der Waals surface area contributed by atoms with E-state index < -0.39 is 21.0 Å². The first-order chi connectivity index (χ1) is 7.96. The molecule has 18 heavy (non-hydrogen) atoms. The topological polar surface area (TPSA) is 27.7 Å². The van der Waals surface area contributed by atoms with Gasteiger partial charge in [-0.15, -0.1) is 0 Å². The molecule has 0 heterocycles. The first-order valence-electron chi connectivity index (χ1n) is 6.06. The molecule has 0 atom stereocenters. The highest BCUT2D eigenvalue weighted by atomic mass is 28.4. The van der Waals surface area contributed by atoms with Crippen LogP contribution in [0.25, 0.3) is 0 Å². The van der Waals surface area contributed by atoms with Crippen molar-refractivity contribution in [3.05, 3.63) is 0 Å². The van der Waals surface area contributed by atoms with Crippen LogP contribution in [0.15, 0.2) is 0 Å². The van der Waals surface area contributed by atoms with Crippen molar-refractivity contribution < 1.29 is 26.4 Å². The maximum Gasteiger partial charge on any atom is 0.510 e. The van der Waals surface area contributed by atoms with Crippen molar-refractivity contribution in [1.29, 1.82) is 0 Å². The first kappa shape index (κ1) is 17.9. The van der Waals surface area contributed by atoms with Gasteiger partial charge >= 0.3 is 15.0 Å². The van der Waals surface area contributed by atoms with Crippen LogP contribution in [-0.2, 0) is 13.3 Å². The molecular formula is C11H23F3O3Si. The van der Waals surface area contributed by atoms with Crippen LogP contribution in [0.3, 0.4) is 0 Å². The number of hydrogen-bond acceptors (Lipinski definition) is 3. The first-order valence-corrected chi connectivity index (χ1v) is 7.99. The van der Waals surface area contributed by atoms with Crippen molar-refractivity contribution in [2.45, 2.75) is 72.1 Å². The fraction of sp³-hybridized carbons (Fsp3) is 1.00. The lowest BCUT2D eigenvalue weighted by atomic mass is 10.5. The molecule has 0 aliphatic rings. The molecule has 0 saturated carbocycles. The molecule has 0 unspecified atom stereocenters. The average Bonchev–Trinajstić information content (AvgIpc) is 1.92. The van der Waals surface area contributed by atoms with Gasteiger partial charge in [-0.05, 0) is 41.5 Å². The van der Waals surface area contributed by atoms with Gasteiger partial charge in [-0.1, -0.05) is 0 Å². The van der Waals surface area contributed by atoms with Crippen molar-refractivity contribution in [2.24, 2.45) is 0 Å². The number of alkyl halides is 3. The molecule has 7 heteroatoms. The van der Waals surface area contributed by atoms with Gasteiger partial charge in [-0.3, -0.25) is 0 Å². The highest BCUT2D eigenvalue weighted by Gasteiger charge is 2.53. The summed E-state index contributed by atoms with van der Waals surface area (Å²) in [5.41, 5.74) is 0. The van der Waals surface area contributed by atoms with E-state index in [2.05, 4.69) is 0 Å². The Labute approximate surface area is 108 Å². The van der Waals surface area contributed by atoms with E-state index in [0.29, 0.717) is 0 Å². The molecule has 0 aromatic carbocycles. The minimum atomic E-state index is -4.37. The Balaban J connectivity index is 5.10. The monoisotopic (exact) mass is 288 g/mol. The zero-order valence-corrected chi connectivity index (χ0v) is 12.8. The molecule has 0 spiro atoms. The normalized spacial score (nSPS) is 14.0. The summed E-state index contributed by atoms with van der Waals surface area (Å²) >= 11 is 0. The second-order valence-corrected chi connectivity index (χ2v) is 7.40. The van der Waals surface area contributed by atoms with Crippen LogP contribution in [0.5, 0.6) is 0 Å². The molecule has 0 aromatic rings. The van der Waals surface area contributed by atoms with Gasteiger partial charge < -0.3 is 13.3 Å². The molecule has 0 aliphatic carbocycles. The smallest absolute Gasteiger partial charge is 0.371 e. The maximum absolute atomic E-state index is 12.7. The molecule has 0 N–H and O–H groups in total. The summed E-state index contributed by atoms with van der Waals surface area (Å²) in [5, 5.41) is 0. The zero-order chi connectivity index (χ0) is 14.6. The summed E-state index contributed by atoms with van der Waals surface area (Å²) in [5.74, 6) is 0. The molecule has 3 nitrogen and oxygen atoms in total. The second-order valence-electron chi connectivity index (χ2n) is 4.97. The zero-order valence-electron chi connectivity index (χ0n) is 11.8. The highest BCUT2D eigenvalue weighted by Crippen LogP contribution is 2.32. The molecule has 0 fully saturated rings. The van der Waals surface area contributed by atoms with Gasteiger partial charge in [0.2, 0.25) is 0 Å². The molecule has 0 radical (unpaired) electrons. The van der Waals surface area contributed by atoms with Gasteiger partial charge in [0.15, 0.2) is 0 Å². The van der Waals surface area contributed by atoms with Gasteiger partial charge in [0.1, 0.15) is 6.04 Å². The molecule has 0 amide bonds.